The molecule has 0 spiro atoms. The molecule has 3 heteroatoms. The number of benzene rings is 3. The van der Waals surface area contributed by atoms with Gasteiger partial charge in [0.2, 0.25) is 11.5 Å². The minimum absolute atomic E-state index is 0.0246. The highest BCUT2D eigenvalue weighted by atomic mass is 35.5. The van der Waals surface area contributed by atoms with Crippen molar-refractivity contribution in [1.82, 2.24) is 0 Å². The predicted octanol–water partition coefficient (Wildman–Crippen LogP) is 5.63. The number of halogens is 2. The summed E-state index contributed by atoms with van der Waals surface area (Å²) in [6.45, 7) is 0. The van der Waals surface area contributed by atoms with Gasteiger partial charge in [-0.25, -0.2) is 4.39 Å². The molecule has 0 aliphatic heterocycles. The van der Waals surface area contributed by atoms with E-state index in [1.807, 2.05) is 30.3 Å². The highest BCUT2D eigenvalue weighted by Gasteiger charge is 2.41. The lowest BCUT2D eigenvalue weighted by Crippen LogP contribution is -2.33. The van der Waals surface area contributed by atoms with Crippen LogP contribution in [0.25, 0.3) is 0 Å². The third-order valence-corrected chi connectivity index (χ3v) is 4.24. The normalized spacial score (nSPS) is 13.2. The number of hydrogen-bond donors (Lipinski definition) is 0. The van der Waals surface area contributed by atoms with Gasteiger partial charge in [0.25, 0.3) is 0 Å². The predicted molar refractivity (Wildman–Crippen MR) is 95.2 cm³/mol. The fraction of sp³-hybridized carbons (Fsp3) is 0.0952. The largest absolute Gasteiger partial charge is 0.290 e. The third-order valence-electron chi connectivity index (χ3n) is 3.99. The smallest absolute Gasteiger partial charge is 0.204 e. The minimum Gasteiger partial charge on any atom is -0.290 e. The standard InChI is InChI=1S/C21H16ClFO/c22-19-13-11-18(12-14-19)21(23,15-16-7-3-1-4-8-16)20(24)17-9-5-2-6-10-17/h1-14H,15H2/t21-/m0/s1. The molecule has 0 amide bonds. The number of ketones is 1. The highest BCUT2D eigenvalue weighted by molar-refractivity contribution is 6.30. The van der Waals surface area contributed by atoms with Crippen LogP contribution in [0.2, 0.25) is 5.02 Å². The molecule has 0 aromatic heterocycles. The van der Waals surface area contributed by atoms with Crippen molar-refractivity contribution in [3.63, 3.8) is 0 Å². The fourth-order valence-electron chi connectivity index (χ4n) is 2.72. The lowest BCUT2D eigenvalue weighted by molar-refractivity contribution is 0.0676. The number of carbonyl (C=O) groups is 1. The number of Topliss-reactive ketones (excluding diaryl/α,β-unsaturated/α-hetero) is 1. The molecule has 0 N–H and O–H groups in total. The molecule has 3 aromatic rings. The summed E-state index contributed by atoms with van der Waals surface area (Å²) in [7, 11) is 0. The Balaban J connectivity index is 2.06. The average molecular weight is 339 g/mol. The number of hydrogen-bond acceptors (Lipinski definition) is 1. The van der Waals surface area contributed by atoms with Crippen LogP contribution < -0.4 is 0 Å². The van der Waals surface area contributed by atoms with Gasteiger partial charge in [0, 0.05) is 17.0 Å². The van der Waals surface area contributed by atoms with E-state index in [1.165, 1.54) is 0 Å². The zero-order chi connectivity index (χ0) is 17.0. The Hall–Kier alpha value is -2.45. The van der Waals surface area contributed by atoms with Crippen molar-refractivity contribution < 1.29 is 9.18 Å². The lowest BCUT2D eigenvalue weighted by atomic mass is 9.82. The molecule has 0 bridgehead atoms. The Labute approximate surface area is 145 Å². The summed E-state index contributed by atoms with van der Waals surface area (Å²) < 4.78 is 16.0. The first-order valence-corrected chi connectivity index (χ1v) is 8.06. The average Bonchev–Trinajstić information content (AvgIpc) is 2.63. The SMILES string of the molecule is O=C(c1ccccc1)[C@](F)(Cc1ccccc1)c1ccc(Cl)cc1. The second-order valence-electron chi connectivity index (χ2n) is 5.67. The first kappa shape index (κ1) is 16.4. The topological polar surface area (TPSA) is 17.1 Å². The summed E-state index contributed by atoms with van der Waals surface area (Å²) >= 11 is 5.91. The summed E-state index contributed by atoms with van der Waals surface area (Å²) in [5.74, 6) is -0.547. The molecule has 0 aliphatic carbocycles. The van der Waals surface area contributed by atoms with Crippen molar-refractivity contribution in [3.8, 4) is 0 Å². The molecule has 0 unspecified atom stereocenters. The van der Waals surface area contributed by atoms with E-state index in [-0.39, 0.29) is 6.42 Å². The maximum atomic E-state index is 16.0. The van der Waals surface area contributed by atoms with Crippen molar-refractivity contribution in [2.45, 2.75) is 12.1 Å². The highest BCUT2D eigenvalue weighted by Crippen LogP contribution is 2.34. The van der Waals surface area contributed by atoms with E-state index >= 15 is 4.39 Å². The Morgan fingerprint density at radius 2 is 1.38 bits per heavy atom. The first-order chi connectivity index (χ1) is 11.6. The Bertz CT molecular complexity index is 815. The molecular weight excluding hydrogens is 323 g/mol. The van der Waals surface area contributed by atoms with Crippen molar-refractivity contribution in [2.75, 3.05) is 0 Å². The Morgan fingerprint density at radius 1 is 0.833 bits per heavy atom. The van der Waals surface area contributed by atoms with Crippen LogP contribution in [-0.4, -0.2) is 5.78 Å². The van der Waals surface area contributed by atoms with Crippen LogP contribution in [0, 0.1) is 0 Å². The summed E-state index contributed by atoms with van der Waals surface area (Å²) in [4.78, 5) is 12.9. The summed E-state index contributed by atoms with van der Waals surface area (Å²) in [5.41, 5.74) is -0.720. The van der Waals surface area contributed by atoms with Gasteiger partial charge in [0.15, 0.2) is 0 Å². The monoisotopic (exact) mass is 338 g/mol. The van der Waals surface area contributed by atoms with Crippen molar-refractivity contribution in [2.24, 2.45) is 0 Å². The molecule has 3 aromatic carbocycles. The van der Waals surface area contributed by atoms with Crippen LogP contribution in [0.3, 0.4) is 0 Å². The van der Waals surface area contributed by atoms with Crippen LogP contribution in [-0.2, 0) is 12.1 Å². The molecule has 0 aliphatic rings. The van der Waals surface area contributed by atoms with Gasteiger partial charge in [0.1, 0.15) is 0 Å². The molecule has 24 heavy (non-hydrogen) atoms. The van der Waals surface area contributed by atoms with E-state index in [9.17, 15) is 4.79 Å². The molecule has 0 saturated carbocycles. The molecule has 0 heterocycles. The van der Waals surface area contributed by atoms with Crippen molar-refractivity contribution >= 4 is 17.4 Å². The number of carbonyl (C=O) groups excluding carboxylic acids is 1. The van der Waals surface area contributed by atoms with Crippen molar-refractivity contribution in [1.29, 1.82) is 0 Å². The Kier molecular flexibility index (Phi) is 4.77. The van der Waals surface area contributed by atoms with E-state index in [4.69, 9.17) is 11.6 Å². The van der Waals surface area contributed by atoms with E-state index in [2.05, 4.69) is 0 Å². The van der Waals surface area contributed by atoms with E-state index in [1.54, 1.807) is 54.6 Å². The van der Waals surface area contributed by atoms with Gasteiger partial charge >= 0.3 is 0 Å². The van der Waals surface area contributed by atoms with Crippen LogP contribution in [0.15, 0.2) is 84.9 Å². The zero-order valence-corrected chi connectivity index (χ0v) is 13.7. The molecule has 0 radical (unpaired) electrons. The molecule has 1 nitrogen and oxygen atoms in total. The maximum absolute atomic E-state index is 16.0. The van der Waals surface area contributed by atoms with Gasteiger partial charge in [-0.05, 0) is 23.3 Å². The van der Waals surface area contributed by atoms with Crippen LogP contribution in [0.1, 0.15) is 21.5 Å². The minimum atomic E-state index is -2.15. The summed E-state index contributed by atoms with van der Waals surface area (Å²) in [6, 6.07) is 24.1. The van der Waals surface area contributed by atoms with Gasteiger partial charge in [-0.2, -0.15) is 0 Å². The van der Waals surface area contributed by atoms with Gasteiger partial charge in [-0.15, -0.1) is 0 Å². The molecule has 1 atom stereocenters. The molecule has 0 fully saturated rings. The van der Waals surface area contributed by atoms with Crippen LogP contribution >= 0.6 is 11.6 Å². The number of alkyl halides is 1. The fourth-order valence-corrected chi connectivity index (χ4v) is 2.85. The van der Waals surface area contributed by atoms with Gasteiger partial charge in [0.05, 0.1) is 0 Å². The lowest BCUT2D eigenvalue weighted by Gasteiger charge is -2.25. The Morgan fingerprint density at radius 3 is 1.96 bits per heavy atom. The maximum Gasteiger partial charge on any atom is 0.204 e. The van der Waals surface area contributed by atoms with E-state index in [0.29, 0.717) is 16.1 Å². The molecular formula is C21H16ClFO. The van der Waals surface area contributed by atoms with Crippen LogP contribution in [0.4, 0.5) is 4.39 Å². The third kappa shape index (κ3) is 3.39. The zero-order valence-electron chi connectivity index (χ0n) is 13.0. The summed E-state index contributed by atoms with van der Waals surface area (Å²) in [5, 5.41) is 0.507. The molecule has 120 valence electrons. The van der Waals surface area contributed by atoms with Crippen molar-refractivity contribution in [3.05, 3.63) is 107 Å². The second kappa shape index (κ2) is 6.98. The first-order valence-electron chi connectivity index (χ1n) is 7.68. The second-order valence-corrected chi connectivity index (χ2v) is 6.10. The molecule has 3 rings (SSSR count). The molecule has 0 saturated heterocycles. The quantitative estimate of drug-likeness (QED) is 0.551. The van der Waals surface area contributed by atoms with Gasteiger partial charge < -0.3 is 0 Å². The van der Waals surface area contributed by atoms with Gasteiger partial charge in [-0.3, -0.25) is 4.79 Å². The van der Waals surface area contributed by atoms with E-state index in [0.717, 1.165) is 5.56 Å². The number of rotatable bonds is 5. The van der Waals surface area contributed by atoms with E-state index < -0.39 is 11.5 Å². The summed E-state index contributed by atoms with van der Waals surface area (Å²) in [6.07, 6.45) is -0.0246. The van der Waals surface area contributed by atoms with Gasteiger partial charge in [-0.1, -0.05) is 84.4 Å². The van der Waals surface area contributed by atoms with Crippen LogP contribution in [0.5, 0.6) is 0 Å².